The lowest BCUT2D eigenvalue weighted by atomic mass is 9.76. The van der Waals surface area contributed by atoms with Crippen LogP contribution in [0.15, 0.2) is 34.3 Å². The molecule has 1 aliphatic carbocycles. The Morgan fingerprint density at radius 2 is 1.94 bits per heavy atom. The number of nitrogens with zero attached hydrogens (tertiary/aromatic N) is 2. The highest BCUT2D eigenvalue weighted by Crippen LogP contribution is 2.45. The van der Waals surface area contributed by atoms with Crippen molar-refractivity contribution in [2.45, 2.75) is 44.4 Å². The molecule has 3 heterocycles. The minimum Gasteiger partial charge on any atom is -0.504 e. The largest absolute Gasteiger partial charge is 0.504 e. The van der Waals surface area contributed by atoms with E-state index < -0.39 is 5.92 Å². The molecular formula is C23H26N4O4. The van der Waals surface area contributed by atoms with Gasteiger partial charge in [0.1, 0.15) is 5.82 Å². The van der Waals surface area contributed by atoms with Gasteiger partial charge in [0.2, 0.25) is 5.95 Å². The van der Waals surface area contributed by atoms with Crippen molar-refractivity contribution in [3.05, 3.63) is 50.9 Å². The smallest absolute Gasteiger partial charge is 0.258 e. The van der Waals surface area contributed by atoms with E-state index in [1.807, 2.05) is 0 Å². The second-order valence-corrected chi connectivity index (χ2v) is 8.36. The van der Waals surface area contributed by atoms with Gasteiger partial charge >= 0.3 is 0 Å². The first-order valence-corrected chi connectivity index (χ1v) is 10.9. The third-order valence-electron chi connectivity index (χ3n) is 6.44. The number of ketones is 1. The van der Waals surface area contributed by atoms with Gasteiger partial charge < -0.3 is 20.1 Å². The topological polar surface area (TPSA) is 108 Å². The van der Waals surface area contributed by atoms with Crippen molar-refractivity contribution < 1.29 is 14.6 Å². The molecule has 31 heavy (non-hydrogen) atoms. The molecule has 162 valence electrons. The molecule has 0 spiro atoms. The summed E-state index contributed by atoms with van der Waals surface area (Å²) in [7, 11) is 1.48. The maximum atomic E-state index is 13.3. The van der Waals surface area contributed by atoms with Crippen molar-refractivity contribution in [2.24, 2.45) is 0 Å². The number of anilines is 2. The van der Waals surface area contributed by atoms with Gasteiger partial charge in [-0.3, -0.25) is 14.6 Å². The number of hydrogen-bond donors (Lipinski definition) is 3. The molecule has 1 saturated heterocycles. The number of ether oxygens (including phenoxy) is 1. The van der Waals surface area contributed by atoms with Crippen LogP contribution >= 0.6 is 0 Å². The van der Waals surface area contributed by atoms with Gasteiger partial charge in [-0.05, 0) is 49.8 Å². The number of benzene rings is 1. The molecule has 2 aliphatic heterocycles. The highest BCUT2D eigenvalue weighted by molar-refractivity contribution is 6.01. The number of allylic oxidation sites excluding steroid dienone is 2. The number of hydrogen-bond acceptors (Lipinski definition) is 7. The van der Waals surface area contributed by atoms with Gasteiger partial charge in [0, 0.05) is 36.7 Å². The number of phenols is 1. The third kappa shape index (κ3) is 3.36. The van der Waals surface area contributed by atoms with Crippen LogP contribution in [-0.2, 0) is 4.79 Å². The van der Waals surface area contributed by atoms with Crippen molar-refractivity contribution in [3.63, 3.8) is 0 Å². The molecule has 1 aromatic carbocycles. The van der Waals surface area contributed by atoms with Gasteiger partial charge in [0.25, 0.3) is 5.56 Å². The number of piperidine rings is 1. The molecule has 3 aliphatic rings. The number of rotatable bonds is 3. The maximum Gasteiger partial charge on any atom is 0.258 e. The lowest BCUT2D eigenvalue weighted by Crippen LogP contribution is -2.36. The van der Waals surface area contributed by atoms with Gasteiger partial charge in [0.05, 0.1) is 12.7 Å². The predicted octanol–water partition coefficient (Wildman–Crippen LogP) is 3.04. The third-order valence-corrected chi connectivity index (χ3v) is 6.44. The minimum atomic E-state index is -0.581. The summed E-state index contributed by atoms with van der Waals surface area (Å²) in [5, 5.41) is 13.7. The average Bonchev–Trinajstić information content (AvgIpc) is 2.78. The highest BCUT2D eigenvalue weighted by Gasteiger charge is 2.38. The number of Topliss-reactive ketones (excluding diaryl/α,β-unsaturated/α-hetero) is 1. The zero-order valence-electron chi connectivity index (χ0n) is 17.5. The van der Waals surface area contributed by atoms with Crippen molar-refractivity contribution in [1.82, 2.24) is 9.97 Å². The van der Waals surface area contributed by atoms with Crippen LogP contribution in [0.2, 0.25) is 0 Å². The standard InChI is InChI=1S/C23H26N4O4/c1-31-17-9-8-13(12-16(17)29)18-19-14(6-5-7-15(19)28)24-21-20(18)22(30)26-23(25-21)27-10-3-2-4-11-27/h8-9,12,18,29H,2-7,10-11H2,1H3,(H2,24,25,26,30)/t18-/m1/s1. The summed E-state index contributed by atoms with van der Waals surface area (Å²) < 4.78 is 5.16. The molecule has 1 atom stereocenters. The molecule has 8 heteroatoms. The van der Waals surface area contributed by atoms with Crippen LogP contribution in [-0.4, -0.2) is 41.1 Å². The van der Waals surface area contributed by atoms with Crippen LogP contribution in [0.5, 0.6) is 11.5 Å². The van der Waals surface area contributed by atoms with E-state index in [2.05, 4.69) is 15.2 Å². The Morgan fingerprint density at radius 3 is 2.68 bits per heavy atom. The molecule has 1 aromatic heterocycles. The zero-order valence-corrected chi connectivity index (χ0v) is 17.5. The molecule has 0 radical (unpaired) electrons. The van der Waals surface area contributed by atoms with Crippen LogP contribution in [0.4, 0.5) is 11.8 Å². The summed E-state index contributed by atoms with van der Waals surface area (Å²) in [5.74, 6) is 0.827. The summed E-state index contributed by atoms with van der Waals surface area (Å²) in [6.07, 6.45) is 5.28. The summed E-state index contributed by atoms with van der Waals surface area (Å²) in [5.41, 5.74) is 2.25. The number of carbonyl (C=O) groups excluding carboxylic acids is 1. The predicted molar refractivity (Wildman–Crippen MR) is 117 cm³/mol. The van der Waals surface area contributed by atoms with E-state index >= 15 is 0 Å². The second-order valence-electron chi connectivity index (χ2n) is 8.36. The molecule has 1 fully saturated rings. The Morgan fingerprint density at radius 1 is 1.13 bits per heavy atom. The minimum absolute atomic E-state index is 0.0271. The quantitative estimate of drug-likeness (QED) is 0.698. The van der Waals surface area contributed by atoms with E-state index in [1.165, 1.54) is 13.5 Å². The van der Waals surface area contributed by atoms with E-state index in [0.717, 1.165) is 44.5 Å². The molecule has 0 unspecified atom stereocenters. The van der Waals surface area contributed by atoms with Gasteiger partial charge in [-0.2, -0.15) is 4.98 Å². The Labute approximate surface area is 180 Å². The summed E-state index contributed by atoms with van der Waals surface area (Å²) in [6.45, 7) is 1.73. The summed E-state index contributed by atoms with van der Waals surface area (Å²) in [6, 6.07) is 5.02. The Hall–Kier alpha value is -3.29. The monoisotopic (exact) mass is 422 g/mol. The van der Waals surface area contributed by atoms with E-state index in [-0.39, 0.29) is 17.1 Å². The SMILES string of the molecule is COc1ccc([C@@H]2C3=C(CCCC3=O)Nc3nc(N4CCCCC4)[nH]c(=O)c32)cc1O. The number of nitrogens with one attached hydrogen (secondary N) is 2. The summed E-state index contributed by atoms with van der Waals surface area (Å²) >= 11 is 0. The van der Waals surface area contributed by atoms with E-state index in [1.54, 1.807) is 18.2 Å². The fraction of sp³-hybridized carbons (Fsp3) is 0.435. The Bertz CT molecular complexity index is 1130. The van der Waals surface area contributed by atoms with Gasteiger partial charge in [0.15, 0.2) is 17.3 Å². The van der Waals surface area contributed by atoms with E-state index in [0.29, 0.717) is 40.6 Å². The molecule has 5 rings (SSSR count). The number of aromatic nitrogens is 2. The van der Waals surface area contributed by atoms with Crippen LogP contribution in [0.25, 0.3) is 0 Å². The van der Waals surface area contributed by atoms with Gasteiger partial charge in [-0.25, -0.2) is 0 Å². The Balaban J connectivity index is 1.67. The molecule has 2 aromatic rings. The Kier molecular flexibility index (Phi) is 4.92. The van der Waals surface area contributed by atoms with Crippen molar-refractivity contribution in [3.8, 4) is 11.5 Å². The van der Waals surface area contributed by atoms with Crippen LogP contribution in [0.1, 0.15) is 55.6 Å². The molecule has 0 amide bonds. The van der Waals surface area contributed by atoms with E-state index in [4.69, 9.17) is 9.72 Å². The number of aromatic amines is 1. The molecule has 0 bridgehead atoms. The van der Waals surface area contributed by atoms with Crippen LogP contribution in [0.3, 0.4) is 0 Å². The number of carbonyl (C=O) groups is 1. The highest BCUT2D eigenvalue weighted by atomic mass is 16.5. The fourth-order valence-electron chi connectivity index (χ4n) is 4.92. The van der Waals surface area contributed by atoms with E-state index in [9.17, 15) is 14.7 Å². The van der Waals surface area contributed by atoms with Crippen molar-refractivity contribution >= 4 is 17.5 Å². The van der Waals surface area contributed by atoms with Crippen LogP contribution in [0, 0.1) is 0 Å². The number of phenolic OH excluding ortho intramolecular Hbond substituents is 1. The average molecular weight is 422 g/mol. The molecule has 3 N–H and O–H groups in total. The van der Waals surface area contributed by atoms with Crippen LogP contribution < -0.4 is 20.5 Å². The second kappa shape index (κ2) is 7.76. The van der Waals surface area contributed by atoms with Gasteiger partial charge in [-0.1, -0.05) is 6.07 Å². The molecule has 0 saturated carbocycles. The first kappa shape index (κ1) is 19.7. The number of aromatic hydroxyl groups is 1. The number of H-pyrrole nitrogens is 1. The number of fused-ring (bicyclic) bond motifs is 1. The number of methoxy groups -OCH3 is 1. The summed E-state index contributed by atoms with van der Waals surface area (Å²) in [4.78, 5) is 36.1. The first-order chi connectivity index (χ1) is 15.1. The van der Waals surface area contributed by atoms with Gasteiger partial charge in [-0.15, -0.1) is 0 Å². The lowest BCUT2D eigenvalue weighted by molar-refractivity contribution is -0.116. The van der Waals surface area contributed by atoms with Crippen molar-refractivity contribution in [2.75, 3.05) is 30.4 Å². The normalized spacial score (nSPS) is 20.7. The zero-order chi connectivity index (χ0) is 21.5. The maximum absolute atomic E-state index is 13.3. The first-order valence-electron chi connectivity index (χ1n) is 10.9. The van der Waals surface area contributed by atoms with Crippen molar-refractivity contribution in [1.29, 1.82) is 0 Å². The lowest BCUT2D eigenvalue weighted by Gasteiger charge is -2.34. The molecule has 8 nitrogen and oxygen atoms in total. The fourth-order valence-corrected chi connectivity index (χ4v) is 4.92. The molecular weight excluding hydrogens is 396 g/mol.